The van der Waals surface area contributed by atoms with Crippen molar-refractivity contribution in [3.8, 4) is 0 Å². The lowest BCUT2D eigenvalue weighted by Gasteiger charge is -2.32. The predicted molar refractivity (Wildman–Crippen MR) is 75.9 cm³/mol. The minimum Gasteiger partial charge on any atom is -0.397 e. The molecular formula is C14H21ClN2. The topological polar surface area (TPSA) is 29.3 Å². The van der Waals surface area contributed by atoms with Crippen LogP contribution in [0.2, 0.25) is 5.02 Å². The van der Waals surface area contributed by atoms with Crippen LogP contribution < -0.4 is 10.6 Å². The average molecular weight is 253 g/mol. The number of nitrogen functional groups attached to an aromatic ring is 1. The molecule has 0 radical (unpaired) electrons. The smallest absolute Gasteiger partial charge is 0.0658 e. The molecule has 0 atom stereocenters. The van der Waals surface area contributed by atoms with Crippen LogP contribution in [0, 0.1) is 5.92 Å². The first-order valence-corrected chi connectivity index (χ1v) is 6.82. The zero-order chi connectivity index (χ0) is 12.4. The Hall–Kier alpha value is -0.890. The Bertz CT molecular complexity index is 395. The average Bonchev–Trinajstić information content (AvgIpc) is 2.33. The molecule has 1 saturated heterocycles. The third-order valence-electron chi connectivity index (χ3n) is 3.73. The summed E-state index contributed by atoms with van der Waals surface area (Å²) in [5.74, 6) is 0.848. The van der Waals surface area contributed by atoms with Crippen LogP contribution in [0.3, 0.4) is 0 Å². The van der Waals surface area contributed by atoms with E-state index < -0.39 is 0 Å². The Labute approximate surface area is 109 Å². The van der Waals surface area contributed by atoms with E-state index in [1.54, 1.807) is 0 Å². The number of nitrogens with two attached hydrogens (primary N) is 1. The molecule has 94 valence electrons. The molecule has 0 amide bonds. The van der Waals surface area contributed by atoms with Gasteiger partial charge < -0.3 is 10.6 Å². The molecule has 0 saturated carbocycles. The summed E-state index contributed by atoms with van der Waals surface area (Å²) in [6.45, 7) is 6.70. The van der Waals surface area contributed by atoms with Crippen molar-refractivity contribution in [2.24, 2.45) is 5.92 Å². The molecule has 1 aliphatic rings. The molecule has 1 heterocycles. The molecule has 2 nitrogen and oxygen atoms in total. The van der Waals surface area contributed by atoms with Crippen LogP contribution in [-0.4, -0.2) is 13.1 Å². The third-order valence-corrected chi connectivity index (χ3v) is 4.04. The van der Waals surface area contributed by atoms with Crippen molar-refractivity contribution in [2.45, 2.75) is 33.1 Å². The highest BCUT2D eigenvalue weighted by Gasteiger charge is 2.17. The molecule has 17 heavy (non-hydrogen) atoms. The molecule has 3 heteroatoms. The molecule has 1 aromatic carbocycles. The molecule has 0 spiro atoms. The van der Waals surface area contributed by atoms with E-state index >= 15 is 0 Å². The minimum atomic E-state index is 0.693. The van der Waals surface area contributed by atoms with Crippen molar-refractivity contribution >= 4 is 23.0 Å². The van der Waals surface area contributed by atoms with Gasteiger partial charge in [-0.05, 0) is 42.9 Å². The fourth-order valence-corrected chi connectivity index (χ4v) is 2.63. The van der Waals surface area contributed by atoms with E-state index in [1.807, 2.05) is 6.07 Å². The minimum absolute atomic E-state index is 0.693. The number of anilines is 2. The van der Waals surface area contributed by atoms with Gasteiger partial charge in [0.05, 0.1) is 10.7 Å². The Balaban J connectivity index is 2.24. The third kappa shape index (κ3) is 2.68. The summed E-state index contributed by atoms with van der Waals surface area (Å²) in [6, 6.07) is 4.20. The van der Waals surface area contributed by atoms with Gasteiger partial charge in [0.2, 0.25) is 0 Å². The van der Waals surface area contributed by atoms with Gasteiger partial charge in [0, 0.05) is 18.8 Å². The second-order valence-corrected chi connectivity index (χ2v) is 5.43. The van der Waals surface area contributed by atoms with E-state index in [2.05, 4.69) is 24.8 Å². The summed E-state index contributed by atoms with van der Waals surface area (Å²) < 4.78 is 0. The highest BCUT2D eigenvalue weighted by Crippen LogP contribution is 2.31. The predicted octanol–water partition coefficient (Wildman–Crippen LogP) is 3.72. The van der Waals surface area contributed by atoms with Crippen molar-refractivity contribution in [3.63, 3.8) is 0 Å². The molecule has 2 rings (SSSR count). The number of hydrogen-bond acceptors (Lipinski definition) is 2. The summed E-state index contributed by atoms with van der Waals surface area (Å²) in [7, 11) is 0. The van der Waals surface area contributed by atoms with Crippen molar-refractivity contribution in [2.75, 3.05) is 23.7 Å². The molecule has 1 fully saturated rings. The number of benzene rings is 1. The Morgan fingerprint density at radius 3 is 2.59 bits per heavy atom. The monoisotopic (exact) mass is 252 g/mol. The van der Waals surface area contributed by atoms with Crippen LogP contribution >= 0.6 is 11.6 Å². The van der Waals surface area contributed by atoms with Crippen LogP contribution in [-0.2, 0) is 6.42 Å². The first kappa shape index (κ1) is 12.6. The molecule has 1 aromatic rings. The van der Waals surface area contributed by atoms with Crippen molar-refractivity contribution in [1.29, 1.82) is 0 Å². The second kappa shape index (κ2) is 5.18. The van der Waals surface area contributed by atoms with Crippen molar-refractivity contribution < 1.29 is 0 Å². The number of piperidine rings is 1. The fourth-order valence-electron chi connectivity index (χ4n) is 2.40. The van der Waals surface area contributed by atoms with Crippen LogP contribution in [0.5, 0.6) is 0 Å². The van der Waals surface area contributed by atoms with E-state index in [9.17, 15) is 0 Å². The van der Waals surface area contributed by atoms with Crippen LogP contribution in [0.1, 0.15) is 32.3 Å². The maximum atomic E-state index is 6.19. The van der Waals surface area contributed by atoms with E-state index in [1.165, 1.54) is 18.5 Å². The SMILES string of the molecule is CCc1cc(N2CCC(C)CC2)cc(Cl)c1N. The lowest BCUT2D eigenvalue weighted by atomic mass is 9.98. The highest BCUT2D eigenvalue weighted by molar-refractivity contribution is 6.33. The Morgan fingerprint density at radius 2 is 2.00 bits per heavy atom. The Morgan fingerprint density at radius 1 is 1.35 bits per heavy atom. The molecule has 0 aromatic heterocycles. The van der Waals surface area contributed by atoms with Gasteiger partial charge in [-0.25, -0.2) is 0 Å². The first-order chi connectivity index (χ1) is 8.11. The summed E-state index contributed by atoms with van der Waals surface area (Å²) in [6.07, 6.45) is 3.47. The lowest BCUT2D eigenvalue weighted by molar-refractivity contribution is 0.438. The quantitative estimate of drug-likeness (QED) is 0.813. The van der Waals surface area contributed by atoms with Crippen LogP contribution in [0.4, 0.5) is 11.4 Å². The molecular weight excluding hydrogens is 232 g/mol. The van der Waals surface area contributed by atoms with Crippen LogP contribution in [0.25, 0.3) is 0 Å². The summed E-state index contributed by atoms with van der Waals surface area (Å²) in [5, 5.41) is 0.693. The number of halogens is 1. The maximum Gasteiger partial charge on any atom is 0.0658 e. The summed E-state index contributed by atoms with van der Waals surface area (Å²) >= 11 is 6.19. The van der Waals surface area contributed by atoms with Gasteiger partial charge in [-0.2, -0.15) is 0 Å². The standard InChI is InChI=1S/C14H21ClN2/c1-3-11-8-12(9-13(15)14(11)16)17-6-4-10(2)5-7-17/h8-10H,3-7,16H2,1-2H3. The number of nitrogens with zero attached hydrogens (tertiary/aromatic N) is 1. The van der Waals surface area contributed by atoms with Gasteiger partial charge in [0.15, 0.2) is 0 Å². The molecule has 0 unspecified atom stereocenters. The van der Waals surface area contributed by atoms with Gasteiger partial charge in [0.25, 0.3) is 0 Å². The zero-order valence-electron chi connectivity index (χ0n) is 10.7. The largest absolute Gasteiger partial charge is 0.397 e. The first-order valence-electron chi connectivity index (χ1n) is 6.44. The van der Waals surface area contributed by atoms with E-state index in [-0.39, 0.29) is 0 Å². The summed E-state index contributed by atoms with van der Waals surface area (Å²) in [4.78, 5) is 2.42. The van der Waals surface area contributed by atoms with Gasteiger partial charge in [-0.3, -0.25) is 0 Å². The number of aryl methyl sites for hydroxylation is 1. The maximum absolute atomic E-state index is 6.19. The second-order valence-electron chi connectivity index (χ2n) is 5.02. The Kier molecular flexibility index (Phi) is 3.82. The molecule has 0 bridgehead atoms. The van der Waals surface area contributed by atoms with Crippen molar-refractivity contribution in [3.05, 3.63) is 22.7 Å². The van der Waals surface area contributed by atoms with Gasteiger partial charge in [-0.1, -0.05) is 25.4 Å². The number of hydrogen-bond donors (Lipinski definition) is 1. The van der Waals surface area contributed by atoms with E-state index in [0.29, 0.717) is 5.02 Å². The lowest BCUT2D eigenvalue weighted by Crippen LogP contribution is -2.32. The van der Waals surface area contributed by atoms with Crippen LogP contribution in [0.15, 0.2) is 12.1 Å². The molecule has 1 aliphatic heterocycles. The normalized spacial score (nSPS) is 17.5. The molecule has 2 N–H and O–H groups in total. The van der Waals surface area contributed by atoms with Gasteiger partial charge >= 0.3 is 0 Å². The highest BCUT2D eigenvalue weighted by atomic mass is 35.5. The molecule has 0 aliphatic carbocycles. The van der Waals surface area contributed by atoms with E-state index in [0.717, 1.165) is 36.7 Å². The van der Waals surface area contributed by atoms with Gasteiger partial charge in [0.1, 0.15) is 0 Å². The van der Waals surface area contributed by atoms with Gasteiger partial charge in [-0.15, -0.1) is 0 Å². The van der Waals surface area contributed by atoms with Crippen molar-refractivity contribution in [1.82, 2.24) is 0 Å². The zero-order valence-corrected chi connectivity index (χ0v) is 11.4. The summed E-state index contributed by atoms with van der Waals surface area (Å²) in [5.41, 5.74) is 9.09. The fraction of sp³-hybridized carbons (Fsp3) is 0.571. The van der Waals surface area contributed by atoms with E-state index in [4.69, 9.17) is 17.3 Å². The number of rotatable bonds is 2.